The number of piperidine rings is 1. The van der Waals surface area contributed by atoms with E-state index in [4.69, 9.17) is 4.74 Å². The maximum absolute atomic E-state index is 11.8. The second-order valence-corrected chi connectivity index (χ2v) is 5.45. The van der Waals surface area contributed by atoms with Gasteiger partial charge in [0, 0.05) is 4.47 Å². The topological polar surface area (TPSA) is 50.4 Å². The van der Waals surface area contributed by atoms with Crippen molar-refractivity contribution in [2.75, 3.05) is 25.0 Å². The lowest BCUT2D eigenvalue weighted by molar-refractivity contribution is -0.117. The Morgan fingerprint density at radius 1 is 1.37 bits per heavy atom. The van der Waals surface area contributed by atoms with Gasteiger partial charge >= 0.3 is 0 Å². The van der Waals surface area contributed by atoms with Crippen LogP contribution < -0.4 is 10.6 Å². The summed E-state index contributed by atoms with van der Waals surface area (Å²) in [7, 11) is 0. The number of para-hydroxylation sites is 1. The molecule has 1 aromatic carbocycles. The largest absolute Gasteiger partial charge is 0.378 e. The van der Waals surface area contributed by atoms with Gasteiger partial charge in [-0.15, -0.1) is 0 Å². The molecule has 0 bridgehead atoms. The van der Waals surface area contributed by atoms with E-state index in [9.17, 15) is 4.79 Å². The molecule has 1 aliphatic rings. The number of carbonyl (C=O) groups is 1. The lowest BCUT2D eigenvalue weighted by Crippen LogP contribution is -2.33. The zero-order valence-electron chi connectivity index (χ0n) is 10.8. The minimum Gasteiger partial charge on any atom is -0.378 e. The predicted octanol–water partition coefficient (Wildman–Crippen LogP) is 2.55. The van der Waals surface area contributed by atoms with Crippen LogP contribution in [-0.4, -0.2) is 31.7 Å². The van der Waals surface area contributed by atoms with Crippen LogP contribution in [0.4, 0.5) is 5.69 Å². The average Bonchev–Trinajstić information content (AvgIpc) is 2.43. The highest BCUT2D eigenvalue weighted by Gasteiger charge is 2.13. The Labute approximate surface area is 122 Å². The lowest BCUT2D eigenvalue weighted by Gasteiger charge is -2.22. The highest BCUT2D eigenvalue weighted by Crippen LogP contribution is 2.21. The Hall–Kier alpha value is -0.910. The molecule has 1 saturated heterocycles. The predicted molar refractivity (Wildman–Crippen MR) is 79.2 cm³/mol. The van der Waals surface area contributed by atoms with Crippen LogP contribution in [0.5, 0.6) is 0 Å². The van der Waals surface area contributed by atoms with Gasteiger partial charge in [0.1, 0.15) is 0 Å². The summed E-state index contributed by atoms with van der Waals surface area (Å²) in [5.74, 6) is -0.0131. The van der Waals surface area contributed by atoms with Gasteiger partial charge in [-0.1, -0.05) is 12.1 Å². The van der Waals surface area contributed by atoms with Gasteiger partial charge in [-0.05, 0) is 54.0 Å². The first-order valence-electron chi connectivity index (χ1n) is 6.62. The molecular weight excluding hydrogens is 308 g/mol. The molecule has 0 radical (unpaired) electrons. The molecule has 19 heavy (non-hydrogen) atoms. The van der Waals surface area contributed by atoms with Crippen LogP contribution in [-0.2, 0) is 9.53 Å². The summed E-state index contributed by atoms with van der Waals surface area (Å²) in [6.45, 7) is 2.50. The van der Waals surface area contributed by atoms with E-state index in [1.807, 2.05) is 24.3 Å². The molecular formula is C14H19BrN2O2. The molecule has 1 heterocycles. The van der Waals surface area contributed by atoms with Crippen molar-refractivity contribution in [3.8, 4) is 0 Å². The molecule has 0 spiro atoms. The highest BCUT2D eigenvalue weighted by atomic mass is 79.9. The molecule has 104 valence electrons. The van der Waals surface area contributed by atoms with Crippen LogP contribution in [0.3, 0.4) is 0 Å². The molecule has 0 aromatic heterocycles. The first-order chi connectivity index (χ1) is 9.25. The van der Waals surface area contributed by atoms with Crippen molar-refractivity contribution in [2.45, 2.75) is 25.4 Å². The molecule has 1 aliphatic heterocycles. The Balaban J connectivity index is 1.68. The van der Waals surface area contributed by atoms with Crippen molar-refractivity contribution in [3.63, 3.8) is 0 Å². The van der Waals surface area contributed by atoms with Crippen molar-refractivity contribution in [1.29, 1.82) is 0 Å². The van der Waals surface area contributed by atoms with E-state index in [0.717, 1.165) is 36.1 Å². The summed E-state index contributed by atoms with van der Waals surface area (Å²) >= 11 is 3.40. The molecule has 4 nitrogen and oxygen atoms in total. The summed E-state index contributed by atoms with van der Waals surface area (Å²) in [4.78, 5) is 11.8. The van der Waals surface area contributed by atoms with Gasteiger partial charge in [-0.2, -0.15) is 0 Å². The van der Waals surface area contributed by atoms with E-state index in [0.29, 0.717) is 19.1 Å². The third-order valence-corrected chi connectivity index (χ3v) is 3.81. The monoisotopic (exact) mass is 326 g/mol. The minimum absolute atomic E-state index is 0.0131. The normalized spacial score (nSPS) is 16.3. The Morgan fingerprint density at radius 2 is 2.11 bits per heavy atom. The van der Waals surface area contributed by atoms with Crippen molar-refractivity contribution < 1.29 is 9.53 Å². The zero-order valence-corrected chi connectivity index (χ0v) is 12.4. The molecule has 0 aliphatic carbocycles. The fourth-order valence-electron chi connectivity index (χ4n) is 2.06. The molecule has 0 unspecified atom stereocenters. The van der Waals surface area contributed by atoms with Crippen molar-refractivity contribution in [2.24, 2.45) is 0 Å². The second-order valence-electron chi connectivity index (χ2n) is 4.60. The highest BCUT2D eigenvalue weighted by molar-refractivity contribution is 9.10. The van der Waals surface area contributed by atoms with Crippen LogP contribution in [0.1, 0.15) is 19.3 Å². The van der Waals surface area contributed by atoms with Gasteiger partial charge in [0.05, 0.1) is 24.8 Å². The van der Waals surface area contributed by atoms with Crippen LogP contribution in [0.15, 0.2) is 28.7 Å². The molecule has 2 rings (SSSR count). The first-order valence-corrected chi connectivity index (χ1v) is 7.41. The summed E-state index contributed by atoms with van der Waals surface area (Å²) in [5, 5.41) is 6.16. The lowest BCUT2D eigenvalue weighted by atomic mass is 10.1. The maximum atomic E-state index is 11.8. The van der Waals surface area contributed by atoms with E-state index in [2.05, 4.69) is 26.6 Å². The number of hydrogen-bond acceptors (Lipinski definition) is 3. The average molecular weight is 327 g/mol. The van der Waals surface area contributed by atoms with Gasteiger partial charge in [0.2, 0.25) is 5.91 Å². The number of halogens is 1. The molecule has 1 aromatic rings. The van der Waals surface area contributed by atoms with Gasteiger partial charge < -0.3 is 15.4 Å². The molecule has 0 atom stereocenters. The smallest absolute Gasteiger partial charge is 0.226 e. The third-order valence-electron chi connectivity index (χ3n) is 3.12. The van der Waals surface area contributed by atoms with Crippen LogP contribution >= 0.6 is 15.9 Å². The second kappa shape index (κ2) is 7.62. The Morgan fingerprint density at radius 3 is 2.84 bits per heavy atom. The van der Waals surface area contributed by atoms with Crippen LogP contribution in [0.2, 0.25) is 0 Å². The number of hydrogen-bond donors (Lipinski definition) is 2. The van der Waals surface area contributed by atoms with Crippen molar-refractivity contribution >= 4 is 27.5 Å². The summed E-state index contributed by atoms with van der Waals surface area (Å²) in [6.07, 6.45) is 2.76. The third kappa shape index (κ3) is 4.93. The number of nitrogens with one attached hydrogen (secondary N) is 2. The van der Waals surface area contributed by atoms with Gasteiger partial charge in [-0.3, -0.25) is 4.79 Å². The molecule has 0 saturated carbocycles. The van der Waals surface area contributed by atoms with E-state index < -0.39 is 0 Å². The number of rotatable bonds is 5. The van der Waals surface area contributed by atoms with E-state index in [1.54, 1.807) is 0 Å². The quantitative estimate of drug-likeness (QED) is 0.874. The number of anilines is 1. The van der Waals surface area contributed by atoms with Gasteiger partial charge in [-0.25, -0.2) is 0 Å². The summed E-state index contributed by atoms with van der Waals surface area (Å²) in [6, 6.07) is 7.59. The number of ether oxygens (including phenoxy) is 1. The zero-order chi connectivity index (χ0) is 13.5. The van der Waals surface area contributed by atoms with E-state index >= 15 is 0 Å². The molecule has 2 N–H and O–H groups in total. The van der Waals surface area contributed by atoms with E-state index in [-0.39, 0.29) is 5.91 Å². The summed E-state index contributed by atoms with van der Waals surface area (Å²) < 4.78 is 6.60. The fraction of sp³-hybridized carbons (Fsp3) is 0.500. The van der Waals surface area contributed by atoms with Crippen LogP contribution in [0.25, 0.3) is 0 Å². The molecule has 1 amide bonds. The maximum Gasteiger partial charge on any atom is 0.226 e. The van der Waals surface area contributed by atoms with Gasteiger partial charge in [0.25, 0.3) is 0 Å². The van der Waals surface area contributed by atoms with Gasteiger partial charge in [0.15, 0.2) is 0 Å². The van der Waals surface area contributed by atoms with Crippen LogP contribution in [0, 0.1) is 0 Å². The van der Waals surface area contributed by atoms with Crippen molar-refractivity contribution in [1.82, 2.24) is 5.32 Å². The Bertz CT molecular complexity index is 420. The number of carbonyl (C=O) groups excluding carboxylic acids is 1. The Kier molecular flexibility index (Phi) is 5.82. The first kappa shape index (κ1) is 14.5. The SMILES string of the molecule is O=C(CCOC1CCNCC1)Nc1ccccc1Br. The molecule has 1 fully saturated rings. The number of amides is 1. The standard InChI is InChI=1S/C14H19BrN2O2/c15-12-3-1-2-4-13(12)17-14(18)7-10-19-11-5-8-16-9-6-11/h1-4,11,16H,5-10H2,(H,17,18). The number of benzene rings is 1. The van der Waals surface area contributed by atoms with E-state index in [1.165, 1.54) is 0 Å². The fourth-order valence-corrected chi connectivity index (χ4v) is 2.44. The summed E-state index contributed by atoms with van der Waals surface area (Å²) in [5.41, 5.74) is 0.800. The van der Waals surface area contributed by atoms with Crippen molar-refractivity contribution in [3.05, 3.63) is 28.7 Å². The minimum atomic E-state index is -0.0131. The molecule has 5 heteroatoms.